The Morgan fingerprint density at radius 1 is 1.00 bits per heavy atom. The van der Waals surface area contributed by atoms with E-state index in [1.165, 1.54) is 34.6 Å². The Labute approximate surface area is 264 Å². The zero-order valence-corrected chi connectivity index (χ0v) is 26.0. The van der Waals surface area contributed by atoms with Crippen molar-refractivity contribution in [2.24, 2.45) is 0 Å². The molecular formula is C36H32F2N4O2S. The van der Waals surface area contributed by atoms with E-state index in [1.54, 1.807) is 18.0 Å². The van der Waals surface area contributed by atoms with Gasteiger partial charge in [0.1, 0.15) is 17.4 Å². The largest absolute Gasteiger partial charge is 0.493 e. The number of thiophene rings is 1. The summed E-state index contributed by atoms with van der Waals surface area (Å²) in [6.07, 6.45) is 4.66. The second kappa shape index (κ2) is 11.8. The number of hydrogen-bond acceptors (Lipinski definition) is 6. The zero-order chi connectivity index (χ0) is 31.2. The molecule has 0 spiro atoms. The van der Waals surface area contributed by atoms with Gasteiger partial charge in [0.15, 0.2) is 0 Å². The van der Waals surface area contributed by atoms with Crippen LogP contribution in [-0.4, -0.2) is 52.4 Å². The molecule has 0 saturated carbocycles. The highest BCUT2D eigenvalue weighted by Crippen LogP contribution is 2.47. The van der Waals surface area contributed by atoms with Gasteiger partial charge < -0.3 is 14.5 Å². The lowest BCUT2D eigenvalue weighted by atomic mass is 9.92. The first-order valence-electron chi connectivity index (χ1n) is 15.1. The van der Waals surface area contributed by atoms with Crippen molar-refractivity contribution in [1.29, 1.82) is 0 Å². The van der Waals surface area contributed by atoms with Gasteiger partial charge in [-0.15, -0.1) is 11.3 Å². The van der Waals surface area contributed by atoms with Crippen LogP contribution in [0, 0.1) is 11.6 Å². The number of carbonyl (C=O) groups is 1. The number of aromatic nitrogens is 2. The van der Waals surface area contributed by atoms with Gasteiger partial charge in [-0.05, 0) is 66.7 Å². The second-order valence-corrected chi connectivity index (χ2v) is 12.5. The molecule has 0 N–H and O–H groups in total. The molecule has 5 heterocycles. The van der Waals surface area contributed by atoms with E-state index in [1.807, 2.05) is 17.5 Å². The summed E-state index contributed by atoms with van der Waals surface area (Å²) in [7, 11) is 2.13. The van der Waals surface area contributed by atoms with Crippen molar-refractivity contribution < 1.29 is 18.3 Å². The number of carbonyl (C=O) groups excluding carboxylic acids is 1. The van der Waals surface area contributed by atoms with Gasteiger partial charge in [-0.2, -0.15) is 0 Å². The third-order valence-electron chi connectivity index (χ3n) is 8.66. The highest BCUT2D eigenvalue weighted by Gasteiger charge is 2.27. The summed E-state index contributed by atoms with van der Waals surface area (Å²) in [5.74, 6) is -1.46. The lowest BCUT2D eigenvalue weighted by molar-refractivity contribution is -0.126. The van der Waals surface area contributed by atoms with Gasteiger partial charge in [-0.25, -0.2) is 13.8 Å². The molecule has 9 heteroatoms. The molecule has 0 unspecified atom stereocenters. The first kappa shape index (κ1) is 29.3. The average Bonchev–Trinajstić information content (AvgIpc) is 3.53. The molecule has 0 bridgehead atoms. The maximum absolute atomic E-state index is 15.9. The van der Waals surface area contributed by atoms with Crippen molar-refractivity contribution in [3.05, 3.63) is 101 Å². The number of hydrogen-bond donors (Lipinski definition) is 0. The van der Waals surface area contributed by atoms with E-state index in [0.717, 1.165) is 58.2 Å². The molecule has 7 rings (SSSR count). The summed E-state index contributed by atoms with van der Waals surface area (Å²) in [4.78, 5) is 26.6. The Balaban J connectivity index is 1.49. The van der Waals surface area contributed by atoms with Crippen molar-refractivity contribution in [2.75, 3.05) is 26.7 Å². The van der Waals surface area contributed by atoms with Crippen LogP contribution in [-0.2, 0) is 30.7 Å². The van der Waals surface area contributed by atoms with Crippen LogP contribution < -0.4 is 4.74 Å². The van der Waals surface area contributed by atoms with E-state index in [0.29, 0.717) is 36.3 Å². The monoisotopic (exact) mass is 622 g/mol. The molecule has 2 aromatic carbocycles. The molecule has 0 radical (unpaired) electrons. The number of likely N-dealkylation sites (N-methyl/N-ethyl adjacent to an activating group) is 1. The average molecular weight is 623 g/mol. The van der Waals surface area contributed by atoms with Crippen molar-refractivity contribution in [3.8, 4) is 39.4 Å². The molecule has 2 aliphatic heterocycles. The standard InChI is InChI=1S/C36H32F2N4O2S/c1-4-31(43)42-12-9-29-25(20-42)15-24(18-39-29)35-33(32-28(38)16-26(37)17-30(32)44-5-2)36-27(10-13-45-36)34(40-35)22-6-7-23-19-41(3)11-8-21(23)14-22/h4,6-7,10,13-18H,1,5,8-9,11-12,19-20H2,2-3H3. The quantitative estimate of drug-likeness (QED) is 0.185. The highest BCUT2D eigenvalue weighted by molar-refractivity contribution is 7.18. The van der Waals surface area contributed by atoms with E-state index in [-0.39, 0.29) is 23.8 Å². The number of amides is 1. The molecular weight excluding hydrogens is 590 g/mol. The van der Waals surface area contributed by atoms with Crippen LogP contribution >= 0.6 is 11.3 Å². The number of halogens is 2. The minimum absolute atomic E-state index is 0.118. The molecule has 45 heavy (non-hydrogen) atoms. The number of nitrogens with zero attached hydrogens (tertiary/aromatic N) is 4. The first-order valence-corrected chi connectivity index (χ1v) is 16.0. The van der Waals surface area contributed by atoms with Crippen molar-refractivity contribution in [3.63, 3.8) is 0 Å². The molecule has 6 nitrogen and oxygen atoms in total. The van der Waals surface area contributed by atoms with E-state index in [9.17, 15) is 9.18 Å². The van der Waals surface area contributed by atoms with Crippen LogP contribution in [0.3, 0.4) is 0 Å². The topological polar surface area (TPSA) is 58.6 Å². The Bertz CT molecular complexity index is 1990. The number of pyridine rings is 2. The molecule has 0 fully saturated rings. The Kier molecular flexibility index (Phi) is 7.67. The van der Waals surface area contributed by atoms with Gasteiger partial charge in [0.2, 0.25) is 5.91 Å². The van der Waals surface area contributed by atoms with Gasteiger partial charge in [0, 0.05) is 83.4 Å². The summed E-state index contributed by atoms with van der Waals surface area (Å²) in [5.41, 5.74) is 8.07. The fourth-order valence-corrected chi connectivity index (χ4v) is 7.41. The molecule has 0 atom stereocenters. The third-order valence-corrected chi connectivity index (χ3v) is 9.59. The Hall–Kier alpha value is -4.47. The molecule has 3 aromatic heterocycles. The van der Waals surface area contributed by atoms with E-state index < -0.39 is 11.6 Å². The van der Waals surface area contributed by atoms with Crippen molar-refractivity contribution in [1.82, 2.24) is 19.8 Å². The number of benzene rings is 2. The van der Waals surface area contributed by atoms with Crippen LogP contribution in [0.1, 0.15) is 29.3 Å². The highest BCUT2D eigenvalue weighted by atomic mass is 32.1. The molecule has 2 aliphatic rings. The summed E-state index contributed by atoms with van der Waals surface area (Å²) >= 11 is 1.48. The molecule has 0 saturated heterocycles. The van der Waals surface area contributed by atoms with Crippen molar-refractivity contribution in [2.45, 2.75) is 32.9 Å². The summed E-state index contributed by atoms with van der Waals surface area (Å²) in [6.45, 7) is 8.50. The Morgan fingerprint density at radius 2 is 1.84 bits per heavy atom. The van der Waals surface area contributed by atoms with Gasteiger partial charge >= 0.3 is 0 Å². The lowest BCUT2D eigenvalue weighted by Gasteiger charge is -2.28. The van der Waals surface area contributed by atoms with Crippen LogP contribution in [0.25, 0.3) is 43.7 Å². The molecule has 228 valence electrons. The SMILES string of the molecule is C=CC(=O)N1CCc2ncc(-c3nc(-c4ccc5c(c4)CCN(C)C5)c4ccsc4c3-c3c(F)cc(F)cc3OCC)cc2C1. The number of fused-ring (bicyclic) bond motifs is 3. The van der Waals surface area contributed by atoms with Crippen molar-refractivity contribution >= 4 is 27.3 Å². The minimum Gasteiger partial charge on any atom is -0.493 e. The van der Waals surface area contributed by atoms with Crippen LogP contribution in [0.4, 0.5) is 8.78 Å². The van der Waals surface area contributed by atoms with Crippen LogP contribution in [0.2, 0.25) is 0 Å². The summed E-state index contributed by atoms with van der Waals surface area (Å²) in [6, 6.07) is 12.6. The smallest absolute Gasteiger partial charge is 0.246 e. The maximum atomic E-state index is 15.9. The minimum atomic E-state index is -0.726. The third kappa shape index (κ3) is 5.30. The Morgan fingerprint density at radius 3 is 2.67 bits per heavy atom. The van der Waals surface area contributed by atoms with Crippen LogP contribution in [0.15, 0.2) is 66.7 Å². The predicted octanol–water partition coefficient (Wildman–Crippen LogP) is 7.43. The van der Waals surface area contributed by atoms with Crippen LogP contribution in [0.5, 0.6) is 5.75 Å². The van der Waals surface area contributed by atoms with E-state index in [4.69, 9.17) is 14.7 Å². The number of rotatable bonds is 6. The van der Waals surface area contributed by atoms with E-state index >= 15 is 4.39 Å². The normalized spacial score (nSPS) is 14.7. The van der Waals surface area contributed by atoms with Gasteiger partial charge in [0.25, 0.3) is 0 Å². The first-order chi connectivity index (χ1) is 21.8. The van der Waals surface area contributed by atoms with E-state index in [2.05, 4.69) is 36.7 Å². The van der Waals surface area contributed by atoms with Gasteiger partial charge in [0.05, 0.1) is 23.6 Å². The fraction of sp³-hybridized carbons (Fsp3) is 0.250. The summed E-state index contributed by atoms with van der Waals surface area (Å²) < 4.78 is 37.1. The lowest BCUT2D eigenvalue weighted by Crippen LogP contribution is -2.35. The maximum Gasteiger partial charge on any atom is 0.246 e. The second-order valence-electron chi connectivity index (χ2n) is 11.6. The molecule has 0 aliphatic carbocycles. The predicted molar refractivity (Wildman–Crippen MR) is 174 cm³/mol. The number of ether oxygens (including phenoxy) is 1. The van der Waals surface area contributed by atoms with Gasteiger partial charge in [-0.1, -0.05) is 18.7 Å². The summed E-state index contributed by atoms with van der Waals surface area (Å²) in [5, 5.41) is 2.86. The van der Waals surface area contributed by atoms with Gasteiger partial charge in [-0.3, -0.25) is 9.78 Å². The molecule has 1 amide bonds. The molecule has 5 aromatic rings. The fourth-order valence-electron chi connectivity index (χ4n) is 6.46. The zero-order valence-electron chi connectivity index (χ0n) is 25.2.